The van der Waals surface area contributed by atoms with Crippen LogP contribution in [0.25, 0.3) is 0 Å². The molecular formula is C77H138O6. The molecule has 6 nitrogen and oxygen atoms in total. The number of hydrogen-bond donors (Lipinski definition) is 0. The van der Waals surface area contributed by atoms with Crippen LogP contribution in [0.1, 0.15) is 380 Å². The summed E-state index contributed by atoms with van der Waals surface area (Å²) in [5, 5.41) is 0. The summed E-state index contributed by atoms with van der Waals surface area (Å²) in [5.74, 6) is -0.892. The van der Waals surface area contributed by atoms with E-state index in [0.29, 0.717) is 19.3 Å². The predicted molar refractivity (Wildman–Crippen MR) is 362 cm³/mol. The van der Waals surface area contributed by atoms with Gasteiger partial charge in [-0.05, 0) is 89.9 Å². The smallest absolute Gasteiger partial charge is 0.306 e. The van der Waals surface area contributed by atoms with E-state index in [-0.39, 0.29) is 31.1 Å². The Hall–Kier alpha value is -3.15. The molecule has 0 heterocycles. The van der Waals surface area contributed by atoms with Crippen molar-refractivity contribution < 1.29 is 28.6 Å². The third-order valence-corrected chi connectivity index (χ3v) is 16.2. The molecular weight excluding hydrogens is 1020 g/mol. The summed E-state index contributed by atoms with van der Waals surface area (Å²) in [6.45, 7) is 6.55. The van der Waals surface area contributed by atoms with Gasteiger partial charge in [-0.15, -0.1) is 0 Å². The molecule has 1 unspecified atom stereocenters. The largest absolute Gasteiger partial charge is 0.462 e. The van der Waals surface area contributed by atoms with Crippen molar-refractivity contribution in [3.63, 3.8) is 0 Å². The Morgan fingerprint density at radius 1 is 0.253 bits per heavy atom. The summed E-state index contributed by atoms with van der Waals surface area (Å²) in [6.07, 6.45) is 93.8. The Morgan fingerprint density at radius 3 is 0.747 bits per heavy atom. The average molecular weight is 1160 g/mol. The highest BCUT2D eigenvalue weighted by Crippen LogP contribution is 2.18. The molecule has 0 aliphatic carbocycles. The van der Waals surface area contributed by atoms with Crippen LogP contribution in [0.2, 0.25) is 0 Å². The maximum atomic E-state index is 13.0. The van der Waals surface area contributed by atoms with Crippen molar-refractivity contribution in [1.29, 1.82) is 0 Å². The lowest BCUT2D eigenvalue weighted by molar-refractivity contribution is -0.167. The molecule has 0 N–H and O–H groups in total. The zero-order valence-corrected chi connectivity index (χ0v) is 55.5. The maximum Gasteiger partial charge on any atom is 0.306 e. The number of allylic oxidation sites excluding steroid dienone is 12. The minimum atomic E-state index is -0.788. The van der Waals surface area contributed by atoms with Crippen molar-refractivity contribution in [3.05, 3.63) is 72.9 Å². The second kappa shape index (κ2) is 71.3. The van der Waals surface area contributed by atoms with Gasteiger partial charge in [0, 0.05) is 19.3 Å². The van der Waals surface area contributed by atoms with Crippen LogP contribution in [0.3, 0.4) is 0 Å². The average Bonchev–Trinajstić information content (AvgIpc) is 3.49. The minimum absolute atomic E-state index is 0.0824. The van der Waals surface area contributed by atoms with E-state index in [1.165, 1.54) is 244 Å². The summed E-state index contributed by atoms with van der Waals surface area (Å²) in [7, 11) is 0. The summed E-state index contributed by atoms with van der Waals surface area (Å²) in [6, 6.07) is 0. The summed E-state index contributed by atoms with van der Waals surface area (Å²) in [4.78, 5) is 38.4. The van der Waals surface area contributed by atoms with Gasteiger partial charge in [-0.1, -0.05) is 344 Å². The fourth-order valence-electron chi connectivity index (χ4n) is 10.8. The first-order valence-corrected chi connectivity index (χ1v) is 36.4. The van der Waals surface area contributed by atoms with Gasteiger partial charge >= 0.3 is 17.9 Å². The Morgan fingerprint density at radius 2 is 0.470 bits per heavy atom. The monoisotopic (exact) mass is 1160 g/mol. The van der Waals surface area contributed by atoms with Crippen molar-refractivity contribution in [1.82, 2.24) is 0 Å². The highest BCUT2D eigenvalue weighted by atomic mass is 16.6. The highest BCUT2D eigenvalue weighted by molar-refractivity contribution is 5.71. The Kier molecular flexibility index (Phi) is 68.6. The van der Waals surface area contributed by atoms with Crippen molar-refractivity contribution in [2.24, 2.45) is 0 Å². The zero-order chi connectivity index (χ0) is 59.9. The first-order chi connectivity index (χ1) is 41.0. The number of rotatable bonds is 67. The molecule has 0 fully saturated rings. The van der Waals surface area contributed by atoms with Crippen molar-refractivity contribution in [3.8, 4) is 0 Å². The number of ether oxygens (including phenoxy) is 3. The fourth-order valence-corrected chi connectivity index (χ4v) is 10.8. The maximum absolute atomic E-state index is 13.0. The molecule has 0 aromatic carbocycles. The normalized spacial score (nSPS) is 12.5. The van der Waals surface area contributed by atoms with Crippen molar-refractivity contribution in [2.75, 3.05) is 13.2 Å². The molecule has 482 valence electrons. The van der Waals surface area contributed by atoms with Gasteiger partial charge in [0.1, 0.15) is 13.2 Å². The predicted octanol–water partition coefficient (Wildman–Crippen LogP) is 25.2. The molecule has 0 aliphatic rings. The van der Waals surface area contributed by atoms with E-state index in [0.717, 1.165) is 96.3 Å². The summed E-state index contributed by atoms with van der Waals surface area (Å²) >= 11 is 0. The van der Waals surface area contributed by atoms with Gasteiger partial charge in [-0.25, -0.2) is 0 Å². The molecule has 0 aliphatic heterocycles. The molecule has 0 rings (SSSR count). The van der Waals surface area contributed by atoms with Crippen LogP contribution in [0.15, 0.2) is 72.9 Å². The number of carbonyl (C=O) groups is 3. The van der Waals surface area contributed by atoms with Gasteiger partial charge < -0.3 is 14.2 Å². The SMILES string of the molecule is CC/C=C\C/C=C\C/C=C\CCCCCC(=O)OCC(COC(=O)CCCCCCCCCCCCCC/C=C\C/C=C\C/C=C\CCCCCCC)OC(=O)CCCCCCCCCCCCCCCCCCCCCCCCCCC. The number of carbonyl (C=O) groups excluding carboxylic acids is 3. The lowest BCUT2D eigenvalue weighted by Gasteiger charge is -2.18. The molecule has 83 heavy (non-hydrogen) atoms. The van der Waals surface area contributed by atoms with Crippen LogP contribution in [0.5, 0.6) is 0 Å². The number of esters is 3. The first-order valence-electron chi connectivity index (χ1n) is 36.4. The molecule has 0 radical (unpaired) electrons. The lowest BCUT2D eigenvalue weighted by atomic mass is 10.0. The van der Waals surface area contributed by atoms with Crippen molar-refractivity contribution >= 4 is 17.9 Å². The van der Waals surface area contributed by atoms with Crippen LogP contribution >= 0.6 is 0 Å². The van der Waals surface area contributed by atoms with E-state index in [9.17, 15) is 14.4 Å². The molecule has 0 saturated carbocycles. The van der Waals surface area contributed by atoms with Crippen LogP contribution in [0, 0.1) is 0 Å². The van der Waals surface area contributed by atoms with Gasteiger partial charge in [0.2, 0.25) is 0 Å². The molecule has 0 saturated heterocycles. The van der Waals surface area contributed by atoms with Gasteiger partial charge in [-0.3, -0.25) is 14.4 Å². The van der Waals surface area contributed by atoms with E-state index in [2.05, 4.69) is 93.7 Å². The standard InChI is InChI=1S/C77H138O6/c1-4-7-10-13-16-19-22-25-27-29-31-33-35-37-38-40-41-43-45-47-49-52-55-58-61-64-67-70-76(79)82-73-74(72-81-75(78)69-66-63-60-57-54-51-24-21-18-15-12-9-6-3)83-77(80)71-68-65-62-59-56-53-50-48-46-44-42-39-36-34-32-30-28-26-23-20-17-14-11-8-5-2/h9,12,18,21-22,25,29,31,35,37,51,54,74H,4-8,10-11,13-17,19-20,23-24,26-28,30,32-34,36,38-50,52-53,55-73H2,1-3H3/b12-9-,21-18-,25-22-,31-29-,37-35-,54-51-. The molecule has 0 spiro atoms. The van der Waals surface area contributed by atoms with Gasteiger partial charge in [0.05, 0.1) is 0 Å². The number of hydrogen-bond acceptors (Lipinski definition) is 6. The van der Waals surface area contributed by atoms with E-state index in [1.807, 2.05) is 0 Å². The van der Waals surface area contributed by atoms with Crippen molar-refractivity contribution in [2.45, 2.75) is 386 Å². The molecule has 0 amide bonds. The quantitative estimate of drug-likeness (QED) is 0.0261. The summed E-state index contributed by atoms with van der Waals surface area (Å²) < 4.78 is 17.0. The second-order valence-corrected chi connectivity index (χ2v) is 24.5. The highest BCUT2D eigenvalue weighted by Gasteiger charge is 2.19. The fraction of sp³-hybridized carbons (Fsp3) is 0.805. The third kappa shape index (κ3) is 69.5. The first kappa shape index (κ1) is 79.8. The second-order valence-electron chi connectivity index (χ2n) is 24.5. The van der Waals surface area contributed by atoms with Crippen LogP contribution in [0.4, 0.5) is 0 Å². The Labute approximate surface area is 516 Å². The van der Waals surface area contributed by atoms with Crippen LogP contribution in [-0.4, -0.2) is 37.2 Å². The molecule has 0 aromatic rings. The summed E-state index contributed by atoms with van der Waals surface area (Å²) in [5.41, 5.74) is 0. The van der Waals surface area contributed by atoms with Gasteiger partial charge in [-0.2, -0.15) is 0 Å². The Balaban J connectivity index is 4.24. The van der Waals surface area contributed by atoms with E-state index < -0.39 is 6.10 Å². The topological polar surface area (TPSA) is 78.9 Å². The van der Waals surface area contributed by atoms with E-state index in [4.69, 9.17) is 14.2 Å². The van der Waals surface area contributed by atoms with Gasteiger partial charge in [0.25, 0.3) is 0 Å². The number of unbranched alkanes of at least 4 members (excludes halogenated alkanes) is 44. The Bertz CT molecular complexity index is 1520. The van der Waals surface area contributed by atoms with Gasteiger partial charge in [0.15, 0.2) is 6.10 Å². The van der Waals surface area contributed by atoms with E-state index in [1.54, 1.807) is 0 Å². The molecule has 0 bridgehead atoms. The molecule has 1 atom stereocenters. The lowest BCUT2D eigenvalue weighted by Crippen LogP contribution is -2.30. The zero-order valence-electron chi connectivity index (χ0n) is 55.5. The molecule has 0 aromatic heterocycles. The van der Waals surface area contributed by atoms with Crippen LogP contribution in [-0.2, 0) is 28.6 Å². The van der Waals surface area contributed by atoms with Crippen LogP contribution < -0.4 is 0 Å². The van der Waals surface area contributed by atoms with E-state index >= 15 is 0 Å². The molecule has 6 heteroatoms. The minimum Gasteiger partial charge on any atom is -0.462 e. The third-order valence-electron chi connectivity index (χ3n) is 16.2.